The molecule has 0 saturated heterocycles. The maximum atomic E-state index is 12.6. The van der Waals surface area contributed by atoms with E-state index in [1.54, 1.807) is 18.4 Å². The molecule has 9 nitrogen and oxygen atoms in total. The van der Waals surface area contributed by atoms with Crippen molar-refractivity contribution in [3.05, 3.63) is 83.7 Å². The Morgan fingerprint density at radius 3 is 2.57 bits per heavy atom. The summed E-state index contributed by atoms with van der Waals surface area (Å²) in [6.45, 7) is 9.54. The molecule has 0 radical (unpaired) electrons. The second kappa shape index (κ2) is 20.2. The van der Waals surface area contributed by atoms with Crippen molar-refractivity contribution in [2.45, 2.75) is 97.6 Å². The van der Waals surface area contributed by atoms with Crippen LogP contribution in [0.2, 0.25) is 0 Å². The molecule has 0 aliphatic carbocycles. The molecule has 0 saturated carbocycles. The number of carbonyl (C=O) groups is 3. The molecule has 1 rings (SSSR count). The number of hydrogen-bond acceptors (Lipinski definition) is 7. The summed E-state index contributed by atoms with van der Waals surface area (Å²) in [7, 11) is 0. The first-order chi connectivity index (χ1) is 19.9. The minimum Gasteiger partial charge on any atom is -0.458 e. The van der Waals surface area contributed by atoms with Crippen LogP contribution >= 0.6 is 0 Å². The molecule has 0 aromatic heterocycles. The number of carbonyl (C=O) groups excluding carboxylic acids is 3. The van der Waals surface area contributed by atoms with Gasteiger partial charge in [-0.25, -0.2) is 9.59 Å². The molecule has 0 aromatic carbocycles. The zero-order chi connectivity index (χ0) is 31.5. The number of esters is 1. The lowest BCUT2D eigenvalue weighted by Crippen LogP contribution is -2.32. The highest BCUT2D eigenvalue weighted by atomic mass is 16.6. The topological polar surface area (TPSA) is 148 Å². The van der Waals surface area contributed by atoms with Crippen LogP contribution in [0, 0.1) is 5.92 Å². The van der Waals surface area contributed by atoms with E-state index in [1.807, 2.05) is 58.9 Å². The lowest BCUT2D eigenvalue weighted by Gasteiger charge is -2.22. The Balaban J connectivity index is 3.09. The first-order valence-electron chi connectivity index (χ1n) is 14.4. The first kappa shape index (κ1) is 36.3. The normalized spacial score (nSPS) is 27.8. The summed E-state index contributed by atoms with van der Waals surface area (Å²) in [6.07, 6.45) is 17.3. The van der Waals surface area contributed by atoms with E-state index in [4.69, 9.17) is 15.2 Å². The van der Waals surface area contributed by atoms with Gasteiger partial charge in [-0.05, 0) is 65.9 Å². The van der Waals surface area contributed by atoms with Crippen molar-refractivity contribution in [1.29, 1.82) is 0 Å². The number of ether oxygens (including phenoxy) is 2. The standard InChI is InChI=1S/C33H48N2O7/c1-23(2)20-31(38)35-19-18-25(4)21-26(5)30-22-24(3)12-8-6-10-14-29(42-33(34)40)28(37)17-16-27(36)13-9-7-11-15-32(39)41-30/h6,8,11-12,15-21,26-30,36-37H,7,9-10,13-14,22H2,1-5H3,(H2,34,40)(H,35,38)/b8-6+,15-11+,17-16+,19-18+,24-12+,25-21+/t26?,27-,28-,29-,30+/m1/s1. The van der Waals surface area contributed by atoms with Gasteiger partial charge in [0, 0.05) is 30.7 Å². The SMILES string of the molecule is CC(C)=CC(=O)N/C=C/C(C)=C/C(C)[C@@H]1C/C(C)=C/C=C/CC[C@@H](OC(N)=O)[C@H](O)/C=C/[C@H](O)CCC/C=C/C(=O)O1. The fourth-order valence-electron chi connectivity index (χ4n) is 4.17. The summed E-state index contributed by atoms with van der Waals surface area (Å²) in [5.41, 5.74) is 7.98. The fourth-order valence-corrected chi connectivity index (χ4v) is 4.17. The Hall–Kier alpha value is -3.69. The predicted octanol–water partition coefficient (Wildman–Crippen LogP) is 5.23. The summed E-state index contributed by atoms with van der Waals surface area (Å²) >= 11 is 0. The highest BCUT2D eigenvalue weighted by molar-refractivity contribution is 5.88. The molecule has 1 aliphatic rings. The molecule has 9 heteroatoms. The zero-order valence-electron chi connectivity index (χ0n) is 25.5. The Bertz CT molecular complexity index is 1090. The number of rotatable bonds is 6. The Morgan fingerprint density at radius 2 is 1.88 bits per heavy atom. The van der Waals surface area contributed by atoms with Gasteiger partial charge in [0.1, 0.15) is 18.3 Å². The molecule has 5 N–H and O–H groups in total. The van der Waals surface area contributed by atoms with E-state index in [0.717, 1.165) is 16.7 Å². The minimum atomic E-state index is -1.11. The molecule has 0 aromatic rings. The van der Waals surface area contributed by atoms with Gasteiger partial charge in [-0.15, -0.1) is 0 Å². The predicted molar refractivity (Wildman–Crippen MR) is 165 cm³/mol. The number of aliphatic hydroxyl groups excluding tert-OH is 2. The van der Waals surface area contributed by atoms with Gasteiger partial charge in [0.25, 0.3) is 0 Å². The molecule has 0 spiro atoms. The van der Waals surface area contributed by atoms with Crippen molar-refractivity contribution in [1.82, 2.24) is 5.32 Å². The Labute approximate surface area is 250 Å². The van der Waals surface area contributed by atoms with Gasteiger partial charge >= 0.3 is 12.1 Å². The van der Waals surface area contributed by atoms with Crippen molar-refractivity contribution in [2.75, 3.05) is 0 Å². The van der Waals surface area contributed by atoms with Gasteiger partial charge < -0.3 is 30.7 Å². The van der Waals surface area contributed by atoms with Crippen LogP contribution in [-0.2, 0) is 19.1 Å². The molecule has 42 heavy (non-hydrogen) atoms. The zero-order valence-corrected chi connectivity index (χ0v) is 25.5. The van der Waals surface area contributed by atoms with E-state index in [1.165, 1.54) is 24.3 Å². The van der Waals surface area contributed by atoms with E-state index in [0.29, 0.717) is 38.5 Å². The Morgan fingerprint density at radius 1 is 1.14 bits per heavy atom. The molecule has 232 valence electrons. The number of hydrogen-bond donors (Lipinski definition) is 4. The van der Waals surface area contributed by atoms with E-state index in [-0.39, 0.29) is 11.8 Å². The highest BCUT2D eigenvalue weighted by Crippen LogP contribution is 2.21. The van der Waals surface area contributed by atoms with E-state index < -0.39 is 36.5 Å². The van der Waals surface area contributed by atoms with Crippen LogP contribution in [-0.4, -0.2) is 52.6 Å². The quantitative estimate of drug-likeness (QED) is 0.145. The van der Waals surface area contributed by atoms with Gasteiger partial charge in [0.05, 0.1) is 6.10 Å². The number of cyclic esters (lactones) is 1. The lowest BCUT2D eigenvalue weighted by atomic mass is 9.95. The summed E-state index contributed by atoms with van der Waals surface area (Å²) in [5, 5.41) is 23.4. The molecule has 2 amide bonds. The summed E-state index contributed by atoms with van der Waals surface area (Å²) < 4.78 is 10.9. The van der Waals surface area contributed by atoms with Crippen molar-refractivity contribution >= 4 is 18.0 Å². The second-order valence-electron chi connectivity index (χ2n) is 10.8. The number of aliphatic hydroxyl groups is 2. The fraction of sp³-hybridized carbons (Fsp3) is 0.485. The monoisotopic (exact) mass is 584 g/mol. The van der Waals surface area contributed by atoms with Crippen LogP contribution in [0.15, 0.2) is 83.7 Å². The molecule has 0 fully saturated rings. The molecule has 1 heterocycles. The van der Waals surface area contributed by atoms with Crippen molar-refractivity contribution in [2.24, 2.45) is 11.7 Å². The van der Waals surface area contributed by atoms with Crippen molar-refractivity contribution in [3.8, 4) is 0 Å². The van der Waals surface area contributed by atoms with Gasteiger partial charge in [0.2, 0.25) is 5.91 Å². The molecule has 1 unspecified atom stereocenters. The van der Waals surface area contributed by atoms with Crippen LogP contribution in [0.1, 0.15) is 73.1 Å². The van der Waals surface area contributed by atoms with Crippen LogP contribution < -0.4 is 11.1 Å². The summed E-state index contributed by atoms with van der Waals surface area (Å²) in [4.78, 5) is 35.8. The maximum absolute atomic E-state index is 12.6. The molecule has 5 atom stereocenters. The number of amides is 2. The molecular weight excluding hydrogens is 536 g/mol. The van der Waals surface area contributed by atoms with Crippen molar-refractivity contribution < 1.29 is 34.1 Å². The van der Waals surface area contributed by atoms with E-state index >= 15 is 0 Å². The van der Waals surface area contributed by atoms with Crippen LogP contribution in [0.3, 0.4) is 0 Å². The van der Waals surface area contributed by atoms with Gasteiger partial charge in [-0.2, -0.15) is 0 Å². The van der Waals surface area contributed by atoms with Crippen molar-refractivity contribution in [3.63, 3.8) is 0 Å². The molecule has 1 aliphatic heterocycles. The smallest absolute Gasteiger partial charge is 0.404 e. The molecule has 0 bridgehead atoms. The van der Waals surface area contributed by atoms with E-state index in [9.17, 15) is 24.6 Å². The lowest BCUT2D eigenvalue weighted by molar-refractivity contribution is -0.144. The third-order valence-electron chi connectivity index (χ3n) is 6.33. The number of allylic oxidation sites excluding steroid dienone is 7. The largest absolute Gasteiger partial charge is 0.458 e. The van der Waals surface area contributed by atoms with Gasteiger partial charge in [0.15, 0.2) is 0 Å². The second-order valence-corrected chi connectivity index (χ2v) is 10.8. The van der Waals surface area contributed by atoms with Crippen LogP contribution in [0.5, 0.6) is 0 Å². The summed E-state index contributed by atoms with van der Waals surface area (Å²) in [5.74, 6) is -0.764. The van der Waals surface area contributed by atoms with Crippen LogP contribution in [0.25, 0.3) is 0 Å². The third-order valence-corrected chi connectivity index (χ3v) is 6.33. The number of nitrogens with two attached hydrogens (primary N) is 1. The van der Waals surface area contributed by atoms with Gasteiger partial charge in [-0.1, -0.05) is 66.2 Å². The van der Waals surface area contributed by atoms with Crippen LogP contribution in [0.4, 0.5) is 4.79 Å². The Kier molecular flexibility index (Phi) is 17.5. The summed E-state index contributed by atoms with van der Waals surface area (Å²) in [6, 6.07) is 0. The third kappa shape index (κ3) is 17.2. The van der Waals surface area contributed by atoms with Gasteiger partial charge in [-0.3, -0.25) is 4.79 Å². The molecular formula is C33H48N2O7. The highest BCUT2D eigenvalue weighted by Gasteiger charge is 2.21. The number of nitrogens with one attached hydrogen (secondary N) is 1. The minimum absolute atomic E-state index is 0.124. The first-order valence-corrected chi connectivity index (χ1v) is 14.4. The maximum Gasteiger partial charge on any atom is 0.404 e. The average Bonchev–Trinajstić information content (AvgIpc) is 2.89. The van der Waals surface area contributed by atoms with E-state index in [2.05, 4.69) is 5.32 Å². The average molecular weight is 585 g/mol. The number of primary amides is 1.